The second kappa shape index (κ2) is 7.99. The van der Waals surface area contributed by atoms with E-state index in [0.29, 0.717) is 5.56 Å². The molecule has 1 unspecified atom stereocenters. The minimum absolute atomic E-state index is 0.00710. The van der Waals surface area contributed by atoms with Gasteiger partial charge in [-0.05, 0) is 36.6 Å². The van der Waals surface area contributed by atoms with Crippen molar-refractivity contribution in [3.8, 4) is 0 Å². The lowest BCUT2D eigenvalue weighted by Gasteiger charge is -2.23. The molecule has 0 aromatic heterocycles. The van der Waals surface area contributed by atoms with Gasteiger partial charge in [0.05, 0.1) is 18.2 Å². The highest BCUT2D eigenvalue weighted by Crippen LogP contribution is 2.37. The van der Waals surface area contributed by atoms with Crippen molar-refractivity contribution in [2.45, 2.75) is 39.5 Å². The number of carbonyl (C=O) groups excluding carboxylic acids is 2. The molecule has 0 saturated heterocycles. The van der Waals surface area contributed by atoms with Crippen LogP contribution in [0.1, 0.15) is 43.1 Å². The maximum absolute atomic E-state index is 13.5. The van der Waals surface area contributed by atoms with Gasteiger partial charge in [-0.3, -0.25) is 4.79 Å². The van der Waals surface area contributed by atoms with Crippen molar-refractivity contribution < 1.29 is 32.2 Å². The molecule has 132 valence electrons. The molecule has 4 nitrogen and oxygen atoms in total. The fraction of sp³-hybridized carbons (Fsp3) is 0.412. The van der Waals surface area contributed by atoms with Crippen LogP contribution in [0.4, 0.5) is 13.2 Å². The molecule has 1 aromatic rings. The van der Waals surface area contributed by atoms with Gasteiger partial charge in [0.25, 0.3) is 0 Å². The SMILES string of the molecule is CC/C(=C(/C(C)OC(C)=O)C(F)(F)F)c1ccc(C(=O)OC)cc1. The summed E-state index contributed by atoms with van der Waals surface area (Å²) in [6.07, 6.45) is -6.00. The van der Waals surface area contributed by atoms with Crippen molar-refractivity contribution in [1.29, 1.82) is 0 Å². The molecule has 0 amide bonds. The van der Waals surface area contributed by atoms with Crippen molar-refractivity contribution in [2.24, 2.45) is 0 Å². The summed E-state index contributed by atoms with van der Waals surface area (Å²) in [5, 5.41) is 0. The third-order valence-electron chi connectivity index (χ3n) is 3.39. The van der Waals surface area contributed by atoms with Crippen LogP contribution in [-0.2, 0) is 14.3 Å². The molecule has 0 bridgehead atoms. The van der Waals surface area contributed by atoms with E-state index in [1.165, 1.54) is 38.3 Å². The minimum atomic E-state index is -4.65. The summed E-state index contributed by atoms with van der Waals surface area (Å²) in [7, 11) is 1.22. The van der Waals surface area contributed by atoms with Gasteiger partial charge in [0, 0.05) is 6.92 Å². The summed E-state index contributed by atoms with van der Waals surface area (Å²) < 4.78 is 49.7. The molecular weight excluding hydrogens is 325 g/mol. The van der Waals surface area contributed by atoms with E-state index in [9.17, 15) is 22.8 Å². The average Bonchev–Trinajstić information content (AvgIpc) is 2.49. The van der Waals surface area contributed by atoms with Crippen LogP contribution in [0.2, 0.25) is 0 Å². The topological polar surface area (TPSA) is 52.6 Å². The molecule has 1 rings (SSSR count). The van der Waals surface area contributed by atoms with Crippen molar-refractivity contribution in [2.75, 3.05) is 7.11 Å². The van der Waals surface area contributed by atoms with E-state index in [2.05, 4.69) is 4.74 Å². The molecule has 0 aliphatic heterocycles. The number of hydrogen-bond acceptors (Lipinski definition) is 4. The summed E-state index contributed by atoms with van der Waals surface area (Å²) >= 11 is 0. The second-order valence-corrected chi connectivity index (χ2v) is 5.06. The van der Waals surface area contributed by atoms with E-state index in [4.69, 9.17) is 4.74 Å². The number of methoxy groups -OCH3 is 1. The summed E-state index contributed by atoms with van der Waals surface area (Å²) in [5.74, 6) is -1.37. The Kier molecular flexibility index (Phi) is 6.57. The predicted octanol–water partition coefficient (Wildman–Crippen LogP) is 4.15. The van der Waals surface area contributed by atoms with E-state index in [1.807, 2.05) is 0 Å². The monoisotopic (exact) mass is 344 g/mol. The second-order valence-electron chi connectivity index (χ2n) is 5.06. The average molecular weight is 344 g/mol. The smallest absolute Gasteiger partial charge is 0.416 e. The molecule has 0 aliphatic carbocycles. The fourth-order valence-corrected chi connectivity index (χ4v) is 2.43. The number of carbonyl (C=O) groups is 2. The highest BCUT2D eigenvalue weighted by molar-refractivity contribution is 5.89. The van der Waals surface area contributed by atoms with Gasteiger partial charge in [-0.15, -0.1) is 0 Å². The first kappa shape index (κ1) is 19.7. The van der Waals surface area contributed by atoms with Gasteiger partial charge >= 0.3 is 18.1 Å². The Balaban J connectivity index is 3.41. The van der Waals surface area contributed by atoms with Crippen molar-refractivity contribution >= 4 is 17.5 Å². The molecule has 1 aromatic carbocycles. The lowest BCUT2D eigenvalue weighted by molar-refractivity contribution is -0.149. The molecule has 7 heteroatoms. The number of rotatable bonds is 5. The van der Waals surface area contributed by atoms with E-state index in [0.717, 1.165) is 6.92 Å². The normalized spacial score (nSPS) is 13.8. The lowest BCUT2D eigenvalue weighted by atomic mass is 9.93. The molecule has 0 saturated carbocycles. The van der Waals surface area contributed by atoms with Crippen LogP contribution in [0.3, 0.4) is 0 Å². The molecular formula is C17H19F3O4. The molecule has 0 radical (unpaired) electrons. The van der Waals surface area contributed by atoms with Gasteiger partial charge in [0.2, 0.25) is 0 Å². The standard InChI is InChI=1S/C17H19F3O4/c1-5-14(12-6-8-13(9-7-12)16(22)23-4)15(17(18,19)20)10(2)24-11(3)21/h6-10H,5H2,1-4H3/b15-14+. The first-order valence-corrected chi connectivity index (χ1v) is 7.28. The van der Waals surface area contributed by atoms with Gasteiger partial charge in [-0.25, -0.2) is 4.79 Å². The molecule has 24 heavy (non-hydrogen) atoms. The van der Waals surface area contributed by atoms with Gasteiger partial charge in [0.1, 0.15) is 6.10 Å². The van der Waals surface area contributed by atoms with E-state index in [1.54, 1.807) is 6.92 Å². The minimum Gasteiger partial charge on any atom is -0.465 e. The maximum atomic E-state index is 13.5. The number of benzene rings is 1. The largest absolute Gasteiger partial charge is 0.465 e. The zero-order valence-electron chi connectivity index (χ0n) is 13.9. The van der Waals surface area contributed by atoms with E-state index < -0.39 is 29.8 Å². The fourth-order valence-electron chi connectivity index (χ4n) is 2.43. The first-order valence-electron chi connectivity index (χ1n) is 7.28. The zero-order valence-corrected chi connectivity index (χ0v) is 13.9. The van der Waals surface area contributed by atoms with E-state index >= 15 is 0 Å². The Morgan fingerprint density at radius 2 is 1.62 bits per heavy atom. The molecule has 0 N–H and O–H groups in total. The van der Waals surface area contributed by atoms with Crippen LogP contribution in [0.5, 0.6) is 0 Å². The molecule has 0 fully saturated rings. The molecule has 0 heterocycles. The maximum Gasteiger partial charge on any atom is 0.416 e. The Morgan fingerprint density at radius 3 is 2.00 bits per heavy atom. The van der Waals surface area contributed by atoms with Crippen LogP contribution in [0.15, 0.2) is 29.8 Å². The summed E-state index contributed by atoms with van der Waals surface area (Å²) in [5.41, 5.74) is -0.367. The van der Waals surface area contributed by atoms with Gasteiger partial charge in [-0.1, -0.05) is 19.1 Å². The predicted molar refractivity (Wildman–Crippen MR) is 82.3 cm³/mol. The molecule has 0 aliphatic rings. The Hall–Kier alpha value is -2.31. The third-order valence-corrected chi connectivity index (χ3v) is 3.39. The Labute approximate surface area is 138 Å². The number of allylic oxidation sites excluding steroid dienone is 1. The van der Waals surface area contributed by atoms with Crippen LogP contribution >= 0.6 is 0 Å². The summed E-state index contributed by atoms with van der Waals surface area (Å²) in [6.45, 7) is 3.82. The highest BCUT2D eigenvalue weighted by atomic mass is 19.4. The summed E-state index contributed by atoms with van der Waals surface area (Å²) in [4.78, 5) is 22.4. The first-order chi connectivity index (χ1) is 11.1. The number of alkyl halides is 3. The summed E-state index contributed by atoms with van der Waals surface area (Å²) in [6, 6.07) is 5.61. The van der Waals surface area contributed by atoms with Crippen molar-refractivity contribution in [3.63, 3.8) is 0 Å². The number of esters is 2. The van der Waals surface area contributed by atoms with Crippen LogP contribution in [0.25, 0.3) is 5.57 Å². The van der Waals surface area contributed by atoms with Crippen molar-refractivity contribution in [1.82, 2.24) is 0 Å². The Bertz CT molecular complexity index is 630. The number of hydrogen-bond donors (Lipinski definition) is 0. The highest BCUT2D eigenvalue weighted by Gasteiger charge is 2.40. The quantitative estimate of drug-likeness (QED) is 0.753. The molecule has 1 atom stereocenters. The lowest BCUT2D eigenvalue weighted by Crippen LogP contribution is -2.27. The number of halogens is 3. The van der Waals surface area contributed by atoms with Crippen LogP contribution in [-0.4, -0.2) is 31.3 Å². The van der Waals surface area contributed by atoms with Gasteiger partial charge < -0.3 is 9.47 Å². The van der Waals surface area contributed by atoms with Crippen LogP contribution in [0, 0.1) is 0 Å². The Morgan fingerprint density at radius 1 is 1.12 bits per heavy atom. The number of ether oxygens (including phenoxy) is 2. The van der Waals surface area contributed by atoms with Crippen LogP contribution < -0.4 is 0 Å². The zero-order chi connectivity index (χ0) is 18.5. The van der Waals surface area contributed by atoms with Gasteiger partial charge in [0.15, 0.2) is 0 Å². The third kappa shape index (κ3) is 4.84. The van der Waals surface area contributed by atoms with Gasteiger partial charge in [-0.2, -0.15) is 13.2 Å². The van der Waals surface area contributed by atoms with E-state index in [-0.39, 0.29) is 17.6 Å². The van der Waals surface area contributed by atoms with Crippen molar-refractivity contribution in [3.05, 3.63) is 41.0 Å². The molecule has 0 spiro atoms.